The van der Waals surface area contributed by atoms with Gasteiger partial charge in [-0.2, -0.15) is 0 Å². The number of rotatable bonds is 9. The van der Waals surface area contributed by atoms with Gasteiger partial charge in [-0.1, -0.05) is 51.9 Å². The average molecular weight is 283 g/mol. The van der Waals surface area contributed by atoms with Crippen LogP contribution < -0.4 is 5.32 Å². The summed E-state index contributed by atoms with van der Waals surface area (Å²) in [4.78, 5) is 2.71. The molecule has 1 atom stereocenters. The lowest BCUT2D eigenvalue weighted by molar-refractivity contribution is 0.177. The average Bonchev–Trinajstić information content (AvgIpc) is 2.51. The van der Waals surface area contributed by atoms with E-state index in [1.807, 2.05) is 0 Å². The molecule has 2 heteroatoms. The lowest BCUT2D eigenvalue weighted by Gasteiger charge is -2.33. The topological polar surface area (TPSA) is 15.3 Å². The van der Waals surface area contributed by atoms with Gasteiger partial charge in [-0.25, -0.2) is 0 Å². The van der Waals surface area contributed by atoms with Crippen LogP contribution in [0.2, 0.25) is 0 Å². The van der Waals surface area contributed by atoms with Crippen molar-refractivity contribution >= 4 is 0 Å². The van der Waals surface area contributed by atoms with Gasteiger partial charge < -0.3 is 5.32 Å². The first-order chi connectivity index (χ1) is 9.55. The molecule has 1 N–H and O–H groups in total. The molecule has 0 amide bonds. The third-order valence-electron chi connectivity index (χ3n) is 4.69. The predicted octanol–water partition coefficient (Wildman–Crippen LogP) is 4.59. The van der Waals surface area contributed by atoms with Crippen LogP contribution in [0.3, 0.4) is 0 Å². The molecule has 0 spiro atoms. The molecule has 120 valence electrons. The van der Waals surface area contributed by atoms with Gasteiger partial charge in [-0.3, -0.25) is 4.90 Å². The molecule has 0 aromatic carbocycles. The Morgan fingerprint density at radius 1 is 1.00 bits per heavy atom. The van der Waals surface area contributed by atoms with Crippen molar-refractivity contribution in [3.8, 4) is 0 Å². The maximum absolute atomic E-state index is 3.67. The van der Waals surface area contributed by atoms with Crippen LogP contribution in [0.5, 0.6) is 0 Å². The first-order valence-electron chi connectivity index (χ1n) is 9.04. The Hall–Kier alpha value is -0.0800. The fraction of sp³-hybridized carbons (Fsp3) is 1.00. The van der Waals surface area contributed by atoms with E-state index >= 15 is 0 Å². The molecular weight excluding hydrogens is 244 g/mol. The zero-order chi connectivity index (χ0) is 14.8. The van der Waals surface area contributed by atoms with Gasteiger partial charge >= 0.3 is 0 Å². The smallest absolute Gasteiger partial charge is 0.0252 e. The van der Waals surface area contributed by atoms with E-state index in [1.54, 1.807) is 0 Å². The molecule has 1 heterocycles. The summed E-state index contributed by atoms with van der Waals surface area (Å²) in [6.45, 7) is 13.0. The highest BCUT2D eigenvalue weighted by Gasteiger charge is 2.27. The van der Waals surface area contributed by atoms with Crippen molar-refractivity contribution in [2.24, 2.45) is 0 Å². The van der Waals surface area contributed by atoms with E-state index in [-0.39, 0.29) is 5.54 Å². The van der Waals surface area contributed by atoms with Crippen LogP contribution in [-0.2, 0) is 0 Å². The van der Waals surface area contributed by atoms with Crippen molar-refractivity contribution in [1.82, 2.24) is 10.2 Å². The highest BCUT2D eigenvalue weighted by molar-refractivity contribution is 4.87. The van der Waals surface area contributed by atoms with E-state index in [1.165, 1.54) is 77.4 Å². The molecular formula is C18H38N2. The van der Waals surface area contributed by atoms with Crippen molar-refractivity contribution in [3.63, 3.8) is 0 Å². The standard InChI is InChI=1S/C18H38N2/c1-5-6-7-8-9-10-11-12-15-20-16-18(3,4)19-14-13-17(20)2/h17,19H,5-16H2,1-4H3. The molecule has 0 saturated carbocycles. The molecule has 0 aromatic heterocycles. The molecule has 1 aliphatic rings. The summed E-state index contributed by atoms with van der Waals surface area (Å²) in [6, 6.07) is 0.744. The zero-order valence-electron chi connectivity index (χ0n) is 14.5. The number of hydrogen-bond donors (Lipinski definition) is 1. The van der Waals surface area contributed by atoms with Gasteiger partial charge in [-0.05, 0) is 46.7 Å². The number of nitrogens with zero attached hydrogens (tertiary/aromatic N) is 1. The van der Waals surface area contributed by atoms with E-state index in [0.717, 1.165) is 6.04 Å². The van der Waals surface area contributed by atoms with Gasteiger partial charge in [0.15, 0.2) is 0 Å². The van der Waals surface area contributed by atoms with Crippen LogP contribution in [0, 0.1) is 0 Å². The van der Waals surface area contributed by atoms with Crippen LogP contribution >= 0.6 is 0 Å². The predicted molar refractivity (Wildman–Crippen MR) is 90.3 cm³/mol. The third kappa shape index (κ3) is 7.64. The van der Waals surface area contributed by atoms with E-state index in [0.29, 0.717) is 0 Å². The van der Waals surface area contributed by atoms with Crippen LogP contribution in [0.4, 0.5) is 0 Å². The summed E-state index contributed by atoms with van der Waals surface area (Å²) in [5.41, 5.74) is 0.283. The first kappa shape index (κ1) is 18.0. The largest absolute Gasteiger partial charge is 0.310 e. The fourth-order valence-electron chi connectivity index (χ4n) is 3.27. The number of unbranched alkanes of at least 4 members (excludes halogenated alkanes) is 7. The van der Waals surface area contributed by atoms with E-state index in [9.17, 15) is 0 Å². The van der Waals surface area contributed by atoms with E-state index in [4.69, 9.17) is 0 Å². The molecule has 1 unspecified atom stereocenters. The Balaban J connectivity index is 2.10. The van der Waals surface area contributed by atoms with Gasteiger partial charge in [0.2, 0.25) is 0 Å². The lowest BCUT2D eigenvalue weighted by atomic mass is 10.0. The third-order valence-corrected chi connectivity index (χ3v) is 4.69. The fourth-order valence-corrected chi connectivity index (χ4v) is 3.27. The SMILES string of the molecule is CCCCCCCCCCN1CC(C)(C)NCCC1C. The molecule has 1 aliphatic heterocycles. The maximum atomic E-state index is 3.67. The Kier molecular flexibility index (Phi) is 8.79. The summed E-state index contributed by atoms with van der Waals surface area (Å²) in [6.07, 6.45) is 12.7. The molecule has 1 rings (SSSR count). The molecule has 20 heavy (non-hydrogen) atoms. The Labute approximate surface area is 127 Å². The molecule has 1 saturated heterocycles. The molecule has 1 fully saturated rings. The Morgan fingerprint density at radius 2 is 1.60 bits per heavy atom. The van der Waals surface area contributed by atoms with Crippen molar-refractivity contribution in [2.75, 3.05) is 19.6 Å². The van der Waals surface area contributed by atoms with Crippen molar-refractivity contribution in [3.05, 3.63) is 0 Å². The van der Waals surface area contributed by atoms with E-state index < -0.39 is 0 Å². The first-order valence-corrected chi connectivity index (χ1v) is 9.04. The second kappa shape index (κ2) is 9.78. The van der Waals surface area contributed by atoms with Crippen molar-refractivity contribution in [2.45, 2.75) is 97.1 Å². The summed E-state index contributed by atoms with van der Waals surface area (Å²) >= 11 is 0. The van der Waals surface area contributed by atoms with Crippen molar-refractivity contribution in [1.29, 1.82) is 0 Å². The van der Waals surface area contributed by atoms with Gasteiger partial charge in [0, 0.05) is 18.1 Å². The highest BCUT2D eigenvalue weighted by atomic mass is 15.2. The second-order valence-corrected chi connectivity index (χ2v) is 7.39. The zero-order valence-corrected chi connectivity index (χ0v) is 14.5. The monoisotopic (exact) mass is 282 g/mol. The Bertz CT molecular complexity index is 238. The lowest BCUT2D eigenvalue weighted by Crippen LogP contribution is -2.47. The summed E-state index contributed by atoms with van der Waals surface area (Å²) in [5, 5.41) is 3.67. The van der Waals surface area contributed by atoms with E-state index in [2.05, 4.69) is 37.9 Å². The van der Waals surface area contributed by atoms with Crippen LogP contribution in [0.1, 0.15) is 85.5 Å². The molecule has 2 nitrogen and oxygen atoms in total. The Morgan fingerprint density at radius 3 is 2.25 bits per heavy atom. The molecule has 0 aromatic rings. The minimum Gasteiger partial charge on any atom is -0.310 e. The van der Waals surface area contributed by atoms with Crippen LogP contribution in [0.15, 0.2) is 0 Å². The summed E-state index contributed by atoms with van der Waals surface area (Å²) < 4.78 is 0. The van der Waals surface area contributed by atoms with Gasteiger partial charge in [-0.15, -0.1) is 0 Å². The molecule has 0 bridgehead atoms. The normalized spacial score (nSPS) is 23.7. The quantitative estimate of drug-likeness (QED) is 0.622. The number of hydrogen-bond acceptors (Lipinski definition) is 2. The number of nitrogens with one attached hydrogen (secondary N) is 1. The summed E-state index contributed by atoms with van der Waals surface area (Å²) in [5.74, 6) is 0. The molecule has 0 aliphatic carbocycles. The molecule has 0 radical (unpaired) electrons. The van der Waals surface area contributed by atoms with Crippen molar-refractivity contribution < 1.29 is 0 Å². The van der Waals surface area contributed by atoms with Gasteiger partial charge in [0.05, 0.1) is 0 Å². The van der Waals surface area contributed by atoms with Gasteiger partial charge in [0.1, 0.15) is 0 Å². The highest BCUT2D eigenvalue weighted by Crippen LogP contribution is 2.17. The minimum atomic E-state index is 0.283. The van der Waals surface area contributed by atoms with Crippen LogP contribution in [-0.4, -0.2) is 36.1 Å². The minimum absolute atomic E-state index is 0.283. The maximum Gasteiger partial charge on any atom is 0.0252 e. The second-order valence-electron chi connectivity index (χ2n) is 7.39. The summed E-state index contributed by atoms with van der Waals surface area (Å²) in [7, 11) is 0. The van der Waals surface area contributed by atoms with Crippen LogP contribution in [0.25, 0.3) is 0 Å². The van der Waals surface area contributed by atoms with Gasteiger partial charge in [0.25, 0.3) is 0 Å².